The topological polar surface area (TPSA) is 44.0 Å². The van der Waals surface area contributed by atoms with Gasteiger partial charge in [0.15, 0.2) is 0 Å². The van der Waals surface area contributed by atoms with Gasteiger partial charge in [-0.05, 0) is 5.56 Å². The first-order valence-corrected chi connectivity index (χ1v) is 2.92. The van der Waals surface area contributed by atoms with Crippen molar-refractivity contribution in [1.82, 2.24) is 0 Å². The van der Waals surface area contributed by atoms with E-state index in [-0.39, 0.29) is 31.8 Å². The number of nitrogens with zero attached hydrogens (tertiary/aromatic N) is 1. The molecule has 0 fully saturated rings. The SMILES string of the molecule is N#Cc1ccc(O)[c-]c1Cl.[W]. The number of rotatable bonds is 0. The molecule has 2 nitrogen and oxygen atoms in total. The first kappa shape index (κ1) is 10.5. The first-order valence-electron chi connectivity index (χ1n) is 2.55. The molecule has 0 spiro atoms. The molecule has 0 bridgehead atoms. The second kappa shape index (κ2) is 4.38. The molecule has 0 aromatic heterocycles. The maximum Gasteiger partial charge on any atom is 0.0322 e. The molecule has 0 saturated carbocycles. The van der Waals surface area contributed by atoms with Gasteiger partial charge in [0.25, 0.3) is 0 Å². The second-order valence-electron chi connectivity index (χ2n) is 1.68. The third-order valence-electron chi connectivity index (χ3n) is 1.00. The largest absolute Gasteiger partial charge is 0.534 e. The fourth-order valence-corrected chi connectivity index (χ4v) is 0.745. The van der Waals surface area contributed by atoms with Crippen molar-refractivity contribution in [3.8, 4) is 11.8 Å². The van der Waals surface area contributed by atoms with E-state index in [4.69, 9.17) is 22.0 Å². The van der Waals surface area contributed by atoms with Crippen molar-refractivity contribution in [3.63, 3.8) is 0 Å². The van der Waals surface area contributed by atoms with E-state index < -0.39 is 0 Å². The van der Waals surface area contributed by atoms with Gasteiger partial charge < -0.3 is 5.11 Å². The molecule has 4 heteroatoms. The summed E-state index contributed by atoms with van der Waals surface area (Å²) >= 11 is 5.49. The minimum absolute atomic E-state index is 0. The van der Waals surface area contributed by atoms with Gasteiger partial charge in [0.2, 0.25) is 0 Å². The first-order chi connectivity index (χ1) is 4.74. The molecular weight excluding hydrogens is 333 g/mol. The van der Waals surface area contributed by atoms with Crippen LogP contribution in [0.1, 0.15) is 5.56 Å². The van der Waals surface area contributed by atoms with Gasteiger partial charge >= 0.3 is 0 Å². The monoisotopic (exact) mass is 336 g/mol. The Bertz CT molecular complexity index is 295. The number of halogens is 1. The van der Waals surface area contributed by atoms with Crippen LogP contribution in [0.15, 0.2) is 12.1 Å². The molecular formula is C7H3ClNOW-. The molecule has 11 heavy (non-hydrogen) atoms. The Labute approximate surface area is 83.7 Å². The van der Waals surface area contributed by atoms with E-state index in [9.17, 15) is 0 Å². The summed E-state index contributed by atoms with van der Waals surface area (Å²) in [5.74, 6) is -0.0519. The molecule has 0 atom stereocenters. The zero-order chi connectivity index (χ0) is 7.56. The molecule has 0 heterocycles. The van der Waals surface area contributed by atoms with Crippen molar-refractivity contribution >= 4 is 11.6 Å². The van der Waals surface area contributed by atoms with Crippen LogP contribution >= 0.6 is 11.6 Å². The van der Waals surface area contributed by atoms with Crippen molar-refractivity contribution in [3.05, 3.63) is 28.8 Å². The van der Waals surface area contributed by atoms with E-state index in [1.165, 1.54) is 12.1 Å². The van der Waals surface area contributed by atoms with Crippen molar-refractivity contribution in [2.24, 2.45) is 0 Å². The zero-order valence-corrected chi connectivity index (χ0v) is 9.02. The second-order valence-corrected chi connectivity index (χ2v) is 2.06. The Morgan fingerprint density at radius 3 is 2.64 bits per heavy atom. The van der Waals surface area contributed by atoms with Crippen LogP contribution in [0, 0.1) is 17.4 Å². The van der Waals surface area contributed by atoms with Crippen molar-refractivity contribution in [2.75, 3.05) is 0 Å². The summed E-state index contributed by atoms with van der Waals surface area (Å²) in [6, 6.07) is 7.04. The normalized spacial score (nSPS) is 8.00. The van der Waals surface area contributed by atoms with Gasteiger partial charge in [-0.1, -0.05) is 5.02 Å². The van der Waals surface area contributed by atoms with E-state index in [1.54, 1.807) is 0 Å². The van der Waals surface area contributed by atoms with E-state index in [0.717, 1.165) is 0 Å². The van der Waals surface area contributed by atoms with E-state index in [1.807, 2.05) is 6.07 Å². The molecule has 0 saturated heterocycles. The Balaban J connectivity index is 0.000001000. The maximum absolute atomic E-state index is 8.78. The number of phenolic OH excluding ortho intramolecular Hbond substituents is 1. The van der Waals surface area contributed by atoms with Gasteiger partial charge in [-0.25, -0.2) is 5.26 Å². The minimum Gasteiger partial charge on any atom is -0.534 e. The summed E-state index contributed by atoms with van der Waals surface area (Å²) < 4.78 is 0. The van der Waals surface area contributed by atoms with Crippen LogP contribution in [0.5, 0.6) is 5.75 Å². The molecule has 1 rings (SSSR count). The zero-order valence-electron chi connectivity index (χ0n) is 5.34. The Morgan fingerprint density at radius 1 is 1.55 bits per heavy atom. The van der Waals surface area contributed by atoms with E-state index >= 15 is 0 Å². The number of aromatic hydroxyl groups is 1. The average Bonchev–Trinajstić information content (AvgIpc) is 1.88. The average molecular weight is 336 g/mol. The number of nitriles is 1. The number of benzene rings is 1. The number of hydrogen-bond donors (Lipinski definition) is 1. The Kier molecular flexibility index (Phi) is 4.18. The quantitative estimate of drug-likeness (QED) is 0.733. The summed E-state index contributed by atoms with van der Waals surface area (Å²) in [6.45, 7) is 0. The summed E-state index contributed by atoms with van der Waals surface area (Å²) in [5, 5.41) is 17.3. The molecule has 1 aromatic carbocycles. The third-order valence-corrected chi connectivity index (χ3v) is 1.30. The van der Waals surface area contributed by atoms with Crippen LogP contribution in [0.4, 0.5) is 0 Å². The van der Waals surface area contributed by atoms with E-state index in [2.05, 4.69) is 6.07 Å². The van der Waals surface area contributed by atoms with Gasteiger partial charge in [-0.3, -0.25) is 0 Å². The molecule has 1 aromatic rings. The molecule has 1 N–H and O–H groups in total. The molecule has 0 aliphatic heterocycles. The van der Waals surface area contributed by atoms with Crippen LogP contribution in [-0.2, 0) is 21.1 Å². The van der Waals surface area contributed by atoms with Crippen LogP contribution in [0.25, 0.3) is 0 Å². The summed E-state index contributed by atoms with van der Waals surface area (Å²) in [7, 11) is 0. The van der Waals surface area contributed by atoms with Crippen LogP contribution < -0.4 is 0 Å². The smallest absolute Gasteiger partial charge is 0.0322 e. The van der Waals surface area contributed by atoms with Crippen LogP contribution in [0.3, 0.4) is 0 Å². The predicted molar refractivity (Wildman–Crippen MR) is 36.7 cm³/mol. The van der Waals surface area contributed by atoms with Crippen LogP contribution in [0.2, 0.25) is 5.02 Å². The molecule has 0 radical (unpaired) electrons. The molecule has 0 aliphatic carbocycles. The summed E-state index contributed by atoms with van der Waals surface area (Å²) in [5.41, 5.74) is 0.319. The van der Waals surface area contributed by atoms with Crippen molar-refractivity contribution < 1.29 is 26.2 Å². The molecule has 0 amide bonds. The summed E-state index contributed by atoms with van der Waals surface area (Å²) in [6.07, 6.45) is 0. The molecule has 0 aliphatic rings. The predicted octanol–water partition coefficient (Wildman–Crippen LogP) is 1.71. The maximum atomic E-state index is 8.78. The Morgan fingerprint density at radius 2 is 2.18 bits per heavy atom. The number of hydrogen-bond acceptors (Lipinski definition) is 2. The van der Waals surface area contributed by atoms with Gasteiger partial charge in [0, 0.05) is 32.9 Å². The van der Waals surface area contributed by atoms with Crippen molar-refractivity contribution in [2.45, 2.75) is 0 Å². The van der Waals surface area contributed by atoms with Gasteiger partial charge in [0.1, 0.15) is 0 Å². The fourth-order valence-electron chi connectivity index (χ4n) is 0.543. The Hall–Kier alpha value is -0.512. The standard InChI is InChI=1S/C7H3ClNO.W/c8-7-3-6(10)2-1-5(7)4-9;/h1-2,10H;/q-1;. The van der Waals surface area contributed by atoms with Gasteiger partial charge in [0.05, 0.1) is 0 Å². The van der Waals surface area contributed by atoms with Crippen molar-refractivity contribution in [1.29, 1.82) is 5.26 Å². The van der Waals surface area contributed by atoms with Gasteiger partial charge in [-0.15, -0.1) is 23.7 Å². The molecule has 0 unspecified atom stereocenters. The van der Waals surface area contributed by atoms with E-state index in [0.29, 0.717) is 5.56 Å². The summed E-state index contributed by atoms with van der Waals surface area (Å²) in [4.78, 5) is 0. The third kappa shape index (κ3) is 2.53. The minimum atomic E-state index is -0.0519. The van der Waals surface area contributed by atoms with Crippen LogP contribution in [-0.4, -0.2) is 5.11 Å². The number of phenols is 1. The van der Waals surface area contributed by atoms with Gasteiger partial charge in [-0.2, -0.15) is 6.07 Å². The molecule has 56 valence electrons. The fraction of sp³-hybridized carbons (Fsp3) is 0.